The lowest BCUT2D eigenvalue weighted by atomic mass is 10.0. The van der Waals surface area contributed by atoms with Crippen LogP contribution in [-0.2, 0) is 26.7 Å². The van der Waals surface area contributed by atoms with Gasteiger partial charge in [-0.1, -0.05) is 0 Å². The van der Waals surface area contributed by atoms with Crippen LogP contribution in [0.3, 0.4) is 0 Å². The molecule has 0 fully saturated rings. The second-order valence-electron chi connectivity index (χ2n) is 6.90. The summed E-state index contributed by atoms with van der Waals surface area (Å²) < 4.78 is 15.6. The van der Waals surface area contributed by atoms with Gasteiger partial charge < -0.3 is 14.0 Å². The minimum absolute atomic E-state index is 0.365. The molecule has 1 aromatic carbocycles. The van der Waals surface area contributed by atoms with Gasteiger partial charge in [-0.15, -0.1) is 11.3 Å². The highest BCUT2D eigenvalue weighted by molar-refractivity contribution is 7.71. The van der Waals surface area contributed by atoms with Crippen molar-refractivity contribution in [2.75, 3.05) is 13.7 Å². The van der Waals surface area contributed by atoms with Crippen LogP contribution in [0.2, 0.25) is 0 Å². The van der Waals surface area contributed by atoms with Gasteiger partial charge in [0.2, 0.25) is 0 Å². The van der Waals surface area contributed by atoms with Crippen LogP contribution in [0.4, 0.5) is 0 Å². The zero-order valence-corrected chi connectivity index (χ0v) is 17.9. The van der Waals surface area contributed by atoms with Gasteiger partial charge in [-0.25, -0.2) is 4.68 Å². The number of benzene rings is 1. The molecule has 0 radical (unpaired) electrons. The molecule has 1 aliphatic rings. The van der Waals surface area contributed by atoms with E-state index >= 15 is 0 Å². The van der Waals surface area contributed by atoms with Gasteiger partial charge in [0.1, 0.15) is 18.1 Å². The van der Waals surface area contributed by atoms with E-state index in [1.54, 1.807) is 7.11 Å². The van der Waals surface area contributed by atoms with Crippen molar-refractivity contribution in [1.29, 1.82) is 0 Å². The number of aromatic nitrogens is 3. The molecule has 148 valence electrons. The average molecular weight is 417 g/mol. The van der Waals surface area contributed by atoms with E-state index in [-0.39, 0.29) is 0 Å². The Morgan fingerprint density at radius 3 is 2.71 bits per heavy atom. The van der Waals surface area contributed by atoms with Gasteiger partial charge in [-0.3, -0.25) is 4.90 Å². The van der Waals surface area contributed by atoms with E-state index in [1.165, 1.54) is 10.4 Å². The van der Waals surface area contributed by atoms with E-state index in [1.807, 2.05) is 51.9 Å². The van der Waals surface area contributed by atoms with E-state index < -0.39 is 0 Å². The number of fused-ring (bicyclic) bond motifs is 1. The van der Waals surface area contributed by atoms with E-state index in [0.29, 0.717) is 24.1 Å². The first-order chi connectivity index (χ1) is 13.6. The maximum atomic E-state index is 5.88. The van der Waals surface area contributed by atoms with Crippen LogP contribution < -0.4 is 9.47 Å². The van der Waals surface area contributed by atoms with Crippen LogP contribution in [0.15, 0.2) is 35.7 Å². The standard InChI is InChI=1S/C20H24N4O2S2/c1-14-17-9-11-28-18(17)8-10-23(14)13-24-20(27)22(2)19(21-24)12-26-16-6-4-15(25-3)5-7-16/h4-7,9,11,14H,8,10,12-13H2,1-3H3/t14-/m0/s1. The van der Waals surface area contributed by atoms with Gasteiger partial charge in [-0.05, 0) is 66.8 Å². The fourth-order valence-corrected chi connectivity index (χ4v) is 4.66. The molecule has 0 aliphatic carbocycles. The summed E-state index contributed by atoms with van der Waals surface area (Å²) in [6, 6.07) is 10.1. The molecule has 0 saturated heterocycles. The van der Waals surface area contributed by atoms with E-state index in [4.69, 9.17) is 26.8 Å². The molecule has 3 heterocycles. The predicted molar refractivity (Wildman–Crippen MR) is 113 cm³/mol. The lowest BCUT2D eigenvalue weighted by Crippen LogP contribution is -2.35. The number of hydrogen-bond acceptors (Lipinski definition) is 6. The SMILES string of the molecule is COc1ccc(OCc2nn(CN3CCc4sccc4[C@@H]3C)c(=S)n2C)cc1. The van der Waals surface area contributed by atoms with Crippen molar-refractivity contribution in [2.24, 2.45) is 7.05 Å². The maximum Gasteiger partial charge on any atom is 0.198 e. The summed E-state index contributed by atoms with van der Waals surface area (Å²) in [4.78, 5) is 3.92. The molecule has 6 nitrogen and oxygen atoms in total. The van der Waals surface area contributed by atoms with Crippen LogP contribution in [0.5, 0.6) is 11.5 Å². The number of ether oxygens (including phenoxy) is 2. The number of thiophene rings is 1. The molecule has 8 heteroatoms. The number of rotatable bonds is 6. The largest absolute Gasteiger partial charge is 0.497 e. The van der Waals surface area contributed by atoms with Gasteiger partial charge in [-0.2, -0.15) is 5.10 Å². The zero-order chi connectivity index (χ0) is 19.7. The molecule has 0 N–H and O–H groups in total. The molecule has 28 heavy (non-hydrogen) atoms. The maximum absolute atomic E-state index is 5.88. The van der Waals surface area contributed by atoms with Crippen LogP contribution in [0, 0.1) is 4.77 Å². The Bertz CT molecular complexity index is 1010. The molecule has 0 spiro atoms. The van der Waals surface area contributed by atoms with E-state index in [9.17, 15) is 0 Å². The third-order valence-corrected chi connectivity index (χ3v) is 6.76. The summed E-state index contributed by atoms with van der Waals surface area (Å²) in [6.45, 7) is 4.32. The van der Waals surface area contributed by atoms with Crippen molar-refractivity contribution < 1.29 is 9.47 Å². The molecule has 2 aromatic heterocycles. The van der Waals surface area contributed by atoms with Gasteiger partial charge in [0.05, 0.1) is 13.8 Å². The summed E-state index contributed by atoms with van der Waals surface area (Å²) in [5.41, 5.74) is 1.43. The number of hydrogen-bond donors (Lipinski definition) is 0. The van der Waals surface area contributed by atoms with Crippen LogP contribution in [0.1, 0.15) is 29.2 Å². The van der Waals surface area contributed by atoms with Crippen molar-refractivity contribution >= 4 is 23.6 Å². The minimum atomic E-state index is 0.365. The summed E-state index contributed by atoms with van der Waals surface area (Å²) in [5.74, 6) is 2.39. The number of methoxy groups -OCH3 is 1. The van der Waals surface area contributed by atoms with Crippen LogP contribution >= 0.6 is 23.6 Å². The lowest BCUT2D eigenvalue weighted by Gasteiger charge is -2.33. The highest BCUT2D eigenvalue weighted by Gasteiger charge is 2.25. The highest BCUT2D eigenvalue weighted by atomic mass is 32.1. The zero-order valence-electron chi connectivity index (χ0n) is 16.3. The van der Waals surface area contributed by atoms with E-state index in [0.717, 1.165) is 30.3 Å². The molecule has 1 atom stereocenters. The Morgan fingerprint density at radius 1 is 1.21 bits per heavy atom. The summed E-state index contributed by atoms with van der Waals surface area (Å²) in [5, 5.41) is 6.90. The molecule has 1 aliphatic heterocycles. The summed E-state index contributed by atoms with van der Waals surface area (Å²) in [6.07, 6.45) is 1.09. The minimum Gasteiger partial charge on any atom is -0.497 e. The van der Waals surface area contributed by atoms with Gasteiger partial charge in [0.15, 0.2) is 10.6 Å². The average Bonchev–Trinajstić information content (AvgIpc) is 3.30. The van der Waals surface area contributed by atoms with Gasteiger partial charge in [0.25, 0.3) is 0 Å². The van der Waals surface area contributed by atoms with Crippen molar-refractivity contribution in [3.63, 3.8) is 0 Å². The quantitative estimate of drug-likeness (QED) is 0.564. The van der Waals surface area contributed by atoms with Crippen molar-refractivity contribution in [2.45, 2.75) is 32.7 Å². The van der Waals surface area contributed by atoms with E-state index in [2.05, 4.69) is 23.3 Å². The second kappa shape index (κ2) is 8.06. The Balaban J connectivity index is 1.45. The molecule has 3 aromatic rings. The Kier molecular flexibility index (Phi) is 5.52. The first-order valence-electron chi connectivity index (χ1n) is 9.26. The van der Waals surface area contributed by atoms with Crippen molar-refractivity contribution in [3.05, 3.63) is 56.7 Å². The summed E-state index contributed by atoms with van der Waals surface area (Å²) in [7, 11) is 3.59. The van der Waals surface area contributed by atoms with Crippen molar-refractivity contribution in [1.82, 2.24) is 19.2 Å². The fourth-order valence-electron chi connectivity index (χ4n) is 3.50. The molecular formula is C20H24N4O2S2. The molecular weight excluding hydrogens is 392 g/mol. The normalized spacial score (nSPS) is 16.8. The third-order valence-electron chi connectivity index (χ3n) is 5.28. The van der Waals surface area contributed by atoms with Gasteiger partial charge in [0, 0.05) is 24.5 Å². The molecule has 4 rings (SSSR count). The third kappa shape index (κ3) is 3.72. The first-order valence-corrected chi connectivity index (χ1v) is 10.6. The fraction of sp³-hybridized carbons (Fsp3) is 0.400. The van der Waals surface area contributed by atoms with Crippen LogP contribution in [0.25, 0.3) is 0 Å². The first kappa shape index (κ1) is 19.2. The molecule has 0 bridgehead atoms. The monoisotopic (exact) mass is 416 g/mol. The molecule has 0 amide bonds. The topological polar surface area (TPSA) is 44.5 Å². The van der Waals surface area contributed by atoms with Gasteiger partial charge >= 0.3 is 0 Å². The Labute approximate surface area is 173 Å². The Hall–Kier alpha value is -2.16. The predicted octanol–water partition coefficient (Wildman–Crippen LogP) is 4.18. The molecule has 0 saturated carbocycles. The Morgan fingerprint density at radius 2 is 1.96 bits per heavy atom. The smallest absolute Gasteiger partial charge is 0.198 e. The highest BCUT2D eigenvalue weighted by Crippen LogP contribution is 2.33. The lowest BCUT2D eigenvalue weighted by molar-refractivity contribution is 0.143. The summed E-state index contributed by atoms with van der Waals surface area (Å²) >= 11 is 7.47. The van der Waals surface area contributed by atoms with Crippen molar-refractivity contribution in [3.8, 4) is 11.5 Å². The number of nitrogens with zero attached hydrogens (tertiary/aromatic N) is 4. The second-order valence-corrected chi connectivity index (χ2v) is 8.27. The van der Waals surface area contributed by atoms with Crippen LogP contribution in [-0.4, -0.2) is 32.9 Å². The molecule has 0 unspecified atom stereocenters.